The van der Waals surface area contributed by atoms with Crippen LogP contribution in [0.5, 0.6) is 0 Å². The van der Waals surface area contributed by atoms with Crippen LogP contribution in [0.15, 0.2) is 54.9 Å². The normalized spacial score (nSPS) is 11.4. The van der Waals surface area contributed by atoms with Gasteiger partial charge in [0, 0.05) is 24.5 Å². The SMILES string of the molecule is O=C(Nc1ccncc1)NC(Cc1ccccc1)C(=O)O. The third kappa shape index (κ3) is 4.61. The number of benzene rings is 1. The van der Waals surface area contributed by atoms with Crippen LogP contribution in [0.1, 0.15) is 5.56 Å². The highest BCUT2D eigenvalue weighted by Gasteiger charge is 2.20. The number of aromatic nitrogens is 1. The first-order valence-corrected chi connectivity index (χ1v) is 6.39. The number of pyridine rings is 1. The Hall–Kier alpha value is -2.89. The van der Waals surface area contributed by atoms with Crippen LogP contribution in [-0.2, 0) is 11.2 Å². The number of rotatable bonds is 5. The molecule has 2 amide bonds. The van der Waals surface area contributed by atoms with Crippen molar-refractivity contribution < 1.29 is 14.7 Å². The van der Waals surface area contributed by atoms with Crippen LogP contribution >= 0.6 is 0 Å². The minimum Gasteiger partial charge on any atom is -0.480 e. The largest absolute Gasteiger partial charge is 0.480 e. The van der Waals surface area contributed by atoms with Gasteiger partial charge in [-0.2, -0.15) is 0 Å². The van der Waals surface area contributed by atoms with Crippen molar-refractivity contribution in [2.75, 3.05) is 5.32 Å². The number of nitrogens with zero attached hydrogens (tertiary/aromatic N) is 1. The Kier molecular flexibility index (Phi) is 4.87. The monoisotopic (exact) mass is 285 g/mol. The fraction of sp³-hybridized carbons (Fsp3) is 0.133. The lowest BCUT2D eigenvalue weighted by Gasteiger charge is -2.15. The van der Waals surface area contributed by atoms with Crippen LogP contribution in [0.25, 0.3) is 0 Å². The van der Waals surface area contributed by atoms with Gasteiger partial charge in [-0.15, -0.1) is 0 Å². The molecule has 0 aliphatic rings. The fourth-order valence-electron chi connectivity index (χ4n) is 1.81. The Bertz CT molecular complexity index is 602. The molecule has 0 saturated heterocycles. The summed E-state index contributed by atoms with van der Waals surface area (Å²) in [4.78, 5) is 26.9. The summed E-state index contributed by atoms with van der Waals surface area (Å²) >= 11 is 0. The van der Waals surface area contributed by atoms with Crippen LogP contribution in [0.3, 0.4) is 0 Å². The summed E-state index contributed by atoms with van der Waals surface area (Å²) < 4.78 is 0. The van der Waals surface area contributed by atoms with Gasteiger partial charge < -0.3 is 15.7 Å². The van der Waals surface area contributed by atoms with Gasteiger partial charge in [0.1, 0.15) is 6.04 Å². The number of anilines is 1. The summed E-state index contributed by atoms with van der Waals surface area (Å²) in [5.74, 6) is -1.08. The molecule has 1 heterocycles. The van der Waals surface area contributed by atoms with E-state index in [1.807, 2.05) is 30.3 Å². The molecule has 0 aliphatic carbocycles. The number of carbonyl (C=O) groups excluding carboxylic acids is 1. The lowest BCUT2D eigenvalue weighted by Crippen LogP contribution is -2.44. The highest BCUT2D eigenvalue weighted by atomic mass is 16.4. The van der Waals surface area contributed by atoms with Gasteiger partial charge in [0.2, 0.25) is 0 Å². The van der Waals surface area contributed by atoms with Crippen molar-refractivity contribution in [1.29, 1.82) is 0 Å². The van der Waals surface area contributed by atoms with Gasteiger partial charge in [-0.1, -0.05) is 30.3 Å². The van der Waals surface area contributed by atoms with Crippen molar-refractivity contribution in [2.24, 2.45) is 0 Å². The summed E-state index contributed by atoms with van der Waals surface area (Å²) in [5.41, 5.74) is 1.39. The molecule has 0 radical (unpaired) electrons. The minimum atomic E-state index is -1.08. The van der Waals surface area contributed by atoms with E-state index in [0.717, 1.165) is 5.56 Å². The quantitative estimate of drug-likeness (QED) is 0.782. The van der Waals surface area contributed by atoms with Crippen LogP contribution < -0.4 is 10.6 Å². The Morgan fingerprint density at radius 1 is 1.10 bits per heavy atom. The molecule has 1 atom stereocenters. The van der Waals surface area contributed by atoms with Gasteiger partial charge in [0.15, 0.2) is 0 Å². The van der Waals surface area contributed by atoms with Crippen LogP contribution in [0.4, 0.5) is 10.5 Å². The summed E-state index contributed by atoms with van der Waals surface area (Å²) in [6, 6.07) is 10.8. The topological polar surface area (TPSA) is 91.3 Å². The first-order chi connectivity index (χ1) is 10.1. The van der Waals surface area contributed by atoms with E-state index in [4.69, 9.17) is 0 Å². The molecule has 0 spiro atoms. The van der Waals surface area contributed by atoms with Gasteiger partial charge in [0.25, 0.3) is 0 Å². The smallest absolute Gasteiger partial charge is 0.326 e. The highest BCUT2D eigenvalue weighted by molar-refractivity contribution is 5.92. The van der Waals surface area contributed by atoms with Gasteiger partial charge in [-0.3, -0.25) is 4.98 Å². The van der Waals surface area contributed by atoms with Crippen molar-refractivity contribution in [1.82, 2.24) is 10.3 Å². The zero-order chi connectivity index (χ0) is 15.1. The average molecular weight is 285 g/mol. The summed E-state index contributed by atoms with van der Waals surface area (Å²) in [6.07, 6.45) is 3.29. The lowest BCUT2D eigenvalue weighted by atomic mass is 10.1. The molecule has 21 heavy (non-hydrogen) atoms. The first kappa shape index (κ1) is 14.5. The molecule has 6 heteroatoms. The number of hydrogen-bond donors (Lipinski definition) is 3. The maximum atomic E-state index is 11.8. The van der Waals surface area contributed by atoms with Gasteiger partial charge >= 0.3 is 12.0 Å². The second-order valence-corrected chi connectivity index (χ2v) is 4.41. The molecule has 0 aliphatic heterocycles. The molecule has 2 aromatic rings. The number of nitrogens with one attached hydrogen (secondary N) is 2. The maximum absolute atomic E-state index is 11.8. The molecule has 1 aromatic heterocycles. The van der Waals surface area contributed by atoms with Crippen molar-refractivity contribution in [3.8, 4) is 0 Å². The van der Waals surface area contributed by atoms with E-state index < -0.39 is 18.0 Å². The van der Waals surface area contributed by atoms with E-state index in [1.165, 1.54) is 12.4 Å². The Morgan fingerprint density at radius 2 is 1.76 bits per heavy atom. The van der Waals surface area contributed by atoms with Gasteiger partial charge in [-0.05, 0) is 17.7 Å². The Balaban J connectivity index is 1.96. The second kappa shape index (κ2) is 7.04. The predicted octanol–water partition coefficient (Wildman–Crippen LogP) is 1.90. The summed E-state index contributed by atoms with van der Waals surface area (Å²) in [5, 5.41) is 14.2. The van der Waals surface area contributed by atoms with E-state index in [9.17, 15) is 14.7 Å². The molecule has 2 rings (SSSR count). The van der Waals surface area contributed by atoms with Gasteiger partial charge in [0.05, 0.1) is 0 Å². The molecule has 0 saturated carbocycles. The fourth-order valence-corrected chi connectivity index (χ4v) is 1.81. The number of aliphatic carboxylic acids is 1. The first-order valence-electron chi connectivity index (χ1n) is 6.39. The van der Waals surface area contributed by atoms with E-state index >= 15 is 0 Å². The van der Waals surface area contributed by atoms with Crippen LogP contribution in [-0.4, -0.2) is 28.1 Å². The summed E-state index contributed by atoms with van der Waals surface area (Å²) in [7, 11) is 0. The number of carboxylic acid groups (broad SMARTS) is 1. The average Bonchev–Trinajstić information content (AvgIpc) is 2.48. The van der Waals surface area contributed by atoms with Gasteiger partial charge in [-0.25, -0.2) is 9.59 Å². The van der Waals surface area contributed by atoms with Crippen LogP contribution in [0.2, 0.25) is 0 Å². The van der Waals surface area contributed by atoms with E-state index in [1.54, 1.807) is 12.1 Å². The number of amides is 2. The van der Waals surface area contributed by atoms with Crippen LogP contribution in [0, 0.1) is 0 Å². The zero-order valence-electron chi connectivity index (χ0n) is 11.2. The van der Waals surface area contributed by atoms with Crippen molar-refractivity contribution in [3.63, 3.8) is 0 Å². The highest BCUT2D eigenvalue weighted by Crippen LogP contribution is 2.05. The number of carboxylic acids is 1. The number of hydrogen-bond acceptors (Lipinski definition) is 3. The standard InChI is InChI=1S/C15H15N3O3/c19-14(20)13(10-11-4-2-1-3-5-11)18-15(21)17-12-6-8-16-9-7-12/h1-9,13H,10H2,(H,19,20)(H2,16,17,18,21). The number of carbonyl (C=O) groups is 2. The minimum absolute atomic E-state index is 0.222. The zero-order valence-corrected chi connectivity index (χ0v) is 11.2. The second-order valence-electron chi connectivity index (χ2n) is 4.41. The third-order valence-corrected chi connectivity index (χ3v) is 2.82. The van der Waals surface area contributed by atoms with E-state index in [2.05, 4.69) is 15.6 Å². The molecule has 0 fully saturated rings. The summed E-state index contributed by atoms with van der Waals surface area (Å²) in [6.45, 7) is 0. The van der Waals surface area contributed by atoms with E-state index in [-0.39, 0.29) is 6.42 Å². The Morgan fingerprint density at radius 3 is 2.38 bits per heavy atom. The molecule has 1 aromatic carbocycles. The molecule has 108 valence electrons. The predicted molar refractivity (Wildman–Crippen MR) is 78.0 cm³/mol. The molecule has 0 bridgehead atoms. The maximum Gasteiger partial charge on any atom is 0.326 e. The molecular weight excluding hydrogens is 270 g/mol. The molecule has 3 N–H and O–H groups in total. The number of urea groups is 1. The van der Waals surface area contributed by atoms with E-state index in [0.29, 0.717) is 5.69 Å². The molecule has 1 unspecified atom stereocenters. The Labute approximate surface area is 121 Å². The van der Waals surface area contributed by atoms with Crippen molar-refractivity contribution >= 4 is 17.7 Å². The van der Waals surface area contributed by atoms with Crippen molar-refractivity contribution in [2.45, 2.75) is 12.5 Å². The third-order valence-electron chi connectivity index (χ3n) is 2.82. The molecular formula is C15H15N3O3. The molecule has 6 nitrogen and oxygen atoms in total. The van der Waals surface area contributed by atoms with Crippen molar-refractivity contribution in [3.05, 3.63) is 60.4 Å². The lowest BCUT2D eigenvalue weighted by molar-refractivity contribution is -0.139.